The predicted octanol–water partition coefficient (Wildman–Crippen LogP) is 3.30. The van der Waals surface area contributed by atoms with E-state index in [0.717, 1.165) is 17.0 Å². The topological polar surface area (TPSA) is 41.1 Å². The van der Waals surface area contributed by atoms with E-state index in [9.17, 15) is 4.79 Å². The number of rotatable bonds is 6. The highest BCUT2D eigenvalue weighted by Crippen LogP contribution is 2.15. The van der Waals surface area contributed by atoms with Crippen molar-refractivity contribution < 1.29 is 4.79 Å². The second kappa shape index (κ2) is 6.92. The predicted molar refractivity (Wildman–Crippen MR) is 80.4 cm³/mol. The molecule has 0 saturated heterocycles. The zero-order chi connectivity index (χ0) is 14.5. The van der Waals surface area contributed by atoms with Gasteiger partial charge in [-0.15, -0.1) is 0 Å². The molecule has 1 aromatic carbocycles. The maximum atomic E-state index is 11.8. The van der Waals surface area contributed by atoms with E-state index in [1.165, 1.54) is 0 Å². The monoisotopic (exact) mass is 282 g/mol. The van der Waals surface area contributed by atoms with Crippen LogP contribution in [-0.4, -0.2) is 18.0 Å². The van der Waals surface area contributed by atoms with E-state index >= 15 is 0 Å². The first-order valence-corrected chi connectivity index (χ1v) is 7.01. The van der Waals surface area contributed by atoms with E-state index in [-0.39, 0.29) is 17.5 Å². The molecule has 0 spiro atoms. The van der Waals surface area contributed by atoms with Crippen LogP contribution in [0.25, 0.3) is 0 Å². The molecule has 1 amide bonds. The number of amides is 1. The fourth-order valence-electron chi connectivity index (χ4n) is 1.63. The van der Waals surface area contributed by atoms with Crippen LogP contribution in [0.2, 0.25) is 5.02 Å². The smallest absolute Gasteiger partial charge is 0.234 e. The molecule has 0 bridgehead atoms. The molecule has 0 aliphatic rings. The van der Waals surface area contributed by atoms with Crippen molar-refractivity contribution in [2.24, 2.45) is 0 Å². The van der Waals surface area contributed by atoms with Gasteiger partial charge in [0.1, 0.15) is 0 Å². The summed E-state index contributed by atoms with van der Waals surface area (Å²) in [6.45, 7) is 8.44. The van der Waals surface area contributed by atoms with Crippen molar-refractivity contribution in [3.63, 3.8) is 0 Å². The van der Waals surface area contributed by atoms with Crippen LogP contribution >= 0.6 is 11.6 Å². The molecule has 0 radical (unpaired) electrons. The van der Waals surface area contributed by atoms with Crippen LogP contribution in [0, 0.1) is 0 Å². The molecule has 1 atom stereocenters. The van der Waals surface area contributed by atoms with E-state index in [0.29, 0.717) is 6.54 Å². The minimum Gasteiger partial charge on any atom is -0.350 e. The number of hydrogen-bond donors (Lipinski definition) is 2. The van der Waals surface area contributed by atoms with Crippen LogP contribution in [0.15, 0.2) is 24.3 Å². The van der Waals surface area contributed by atoms with Gasteiger partial charge in [0.15, 0.2) is 0 Å². The van der Waals surface area contributed by atoms with Gasteiger partial charge >= 0.3 is 0 Å². The molecule has 0 aliphatic carbocycles. The quantitative estimate of drug-likeness (QED) is 0.841. The largest absolute Gasteiger partial charge is 0.350 e. The second-order valence-corrected chi connectivity index (χ2v) is 5.88. The van der Waals surface area contributed by atoms with Crippen LogP contribution < -0.4 is 10.6 Å². The third kappa shape index (κ3) is 5.62. The third-order valence-corrected chi connectivity index (χ3v) is 3.55. The maximum absolute atomic E-state index is 11.8. The zero-order valence-electron chi connectivity index (χ0n) is 12.1. The Kier molecular flexibility index (Phi) is 5.83. The molecule has 2 N–H and O–H groups in total. The highest BCUT2D eigenvalue weighted by molar-refractivity contribution is 6.30. The summed E-state index contributed by atoms with van der Waals surface area (Å²) < 4.78 is 0. The lowest BCUT2D eigenvalue weighted by Crippen LogP contribution is -2.46. The molecule has 0 aromatic heterocycles. The van der Waals surface area contributed by atoms with E-state index in [2.05, 4.69) is 17.6 Å². The van der Waals surface area contributed by atoms with Crippen molar-refractivity contribution in [2.75, 3.05) is 6.54 Å². The van der Waals surface area contributed by atoms with Crippen LogP contribution in [0.1, 0.15) is 45.7 Å². The Morgan fingerprint density at radius 3 is 2.42 bits per heavy atom. The standard InChI is InChI=1S/C15H23ClN2O/c1-5-15(3,4)18-14(19)10-17-11(2)12-6-8-13(16)9-7-12/h6-9,11,17H,5,10H2,1-4H3,(H,18,19)/t11-/m1/s1. The molecule has 3 nitrogen and oxygen atoms in total. The van der Waals surface area contributed by atoms with Gasteiger partial charge in [-0.3, -0.25) is 4.79 Å². The first-order chi connectivity index (χ1) is 8.84. The summed E-state index contributed by atoms with van der Waals surface area (Å²) in [5.74, 6) is 0.0210. The minimum atomic E-state index is -0.151. The molecule has 0 saturated carbocycles. The van der Waals surface area contributed by atoms with Crippen molar-refractivity contribution >= 4 is 17.5 Å². The summed E-state index contributed by atoms with van der Waals surface area (Å²) in [6.07, 6.45) is 0.908. The van der Waals surface area contributed by atoms with E-state index in [1.807, 2.05) is 45.0 Å². The van der Waals surface area contributed by atoms with E-state index < -0.39 is 0 Å². The molecule has 0 unspecified atom stereocenters. The Balaban J connectivity index is 2.44. The van der Waals surface area contributed by atoms with Gasteiger partial charge in [0.25, 0.3) is 0 Å². The van der Waals surface area contributed by atoms with Crippen LogP contribution in [-0.2, 0) is 4.79 Å². The number of carbonyl (C=O) groups excluding carboxylic acids is 1. The van der Waals surface area contributed by atoms with E-state index in [1.54, 1.807) is 0 Å². The first-order valence-electron chi connectivity index (χ1n) is 6.64. The highest BCUT2D eigenvalue weighted by Gasteiger charge is 2.17. The molecule has 0 aliphatic heterocycles. The molecule has 106 valence electrons. The Morgan fingerprint density at radius 2 is 1.89 bits per heavy atom. The fraction of sp³-hybridized carbons (Fsp3) is 0.533. The number of halogens is 1. The van der Waals surface area contributed by atoms with Crippen LogP contribution in [0.5, 0.6) is 0 Å². The Bertz CT molecular complexity index is 415. The Hall–Kier alpha value is -1.06. The van der Waals surface area contributed by atoms with Crippen molar-refractivity contribution in [3.05, 3.63) is 34.9 Å². The van der Waals surface area contributed by atoms with Crippen molar-refractivity contribution in [2.45, 2.75) is 45.7 Å². The normalized spacial score (nSPS) is 13.1. The average molecular weight is 283 g/mol. The van der Waals surface area contributed by atoms with Gasteiger partial charge < -0.3 is 10.6 Å². The Labute approximate surface area is 120 Å². The van der Waals surface area contributed by atoms with E-state index in [4.69, 9.17) is 11.6 Å². The summed E-state index contributed by atoms with van der Waals surface area (Å²) in [5, 5.41) is 6.93. The van der Waals surface area contributed by atoms with Gasteiger partial charge in [0, 0.05) is 16.6 Å². The molecular weight excluding hydrogens is 260 g/mol. The minimum absolute atomic E-state index is 0.0210. The number of hydrogen-bond acceptors (Lipinski definition) is 2. The summed E-state index contributed by atoms with van der Waals surface area (Å²) in [6, 6.07) is 7.76. The molecule has 4 heteroatoms. The van der Waals surface area contributed by atoms with Gasteiger partial charge in [0.05, 0.1) is 6.54 Å². The van der Waals surface area contributed by atoms with Crippen molar-refractivity contribution in [1.82, 2.24) is 10.6 Å². The summed E-state index contributed by atoms with van der Waals surface area (Å²) >= 11 is 5.85. The lowest BCUT2D eigenvalue weighted by Gasteiger charge is -2.25. The Morgan fingerprint density at radius 1 is 1.32 bits per heavy atom. The van der Waals surface area contributed by atoms with Crippen LogP contribution in [0.3, 0.4) is 0 Å². The lowest BCUT2D eigenvalue weighted by molar-refractivity contribution is -0.122. The van der Waals surface area contributed by atoms with Crippen molar-refractivity contribution in [1.29, 1.82) is 0 Å². The molecule has 0 heterocycles. The number of nitrogens with one attached hydrogen (secondary N) is 2. The molecular formula is C15H23ClN2O. The maximum Gasteiger partial charge on any atom is 0.234 e. The highest BCUT2D eigenvalue weighted by atomic mass is 35.5. The summed E-state index contributed by atoms with van der Waals surface area (Å²) in [7, 11) is 0. The third-order valence-electron chi connectivity index (χ3n) is 3.30. The second-order valence-electron chi connectivity index (χ2n) is 5.44. The van der Waals surface area contributed by atoms with Crippen molar-refractivity contribution in [3.8, 4) is 0 Å². The van der Waals surface area contributed by atoms with Gasteiger partial charge in [0.2, 0.25) is 5.91 Å². The van der Waals surface area contributed by atoms with Crippen LogP contribution in [0.4, 0.5) is 0 Å². The van der Waals surface area contributed by atoms with Gasteiger partial charge in [-0.05, 0) is 44.9 Å². The number of benzene rings is 1. The first kappa shape index (κ1) is 16.0. The summed E-state index contributed by atoms with van der Waals surface area (Å²) in [4.78, 5) is 11.8. The SMILES string of the molecule is CCC(C)(C)NC(=O)CN[C@H](C)c1ccc(Cl)cc1. The van der Waals surface area contributed by atoms with Gasteiger partial charge in [-0.25, -0.2) is 0 Å². The summed E-state index contributed by atoms with van der Waals surface area (Å²) in [5.41, 5.74) is 0.967. The fourth-order valence-corrected chi connectivity index (χ4v) is 1.75. The van der Waals surface area contributed by atoms with Gasteiger partial charge in [-0.2, -0.15) is 0 Å². The average Bonchev–Trinajstić information content (AvgIpc) is 2.36. The molecule has 1 aromatic rings. The lowest BCUT2D eigenvalue weighted by atomic mass is 10.0. The molecule has 0 fully saturated rings. The van der Waals surface area contributed by atoms with Gasteiger partial charge in [-0.1, -0.05) is 30.7 Å². The number of carbonyl (C=O) groups is 1. The molecule has 19 heavy (non-hydrogen) atoms. The molecule has 1 rings (SSSR count). The zero-order valence-corrected chi connectivity index (χ0v) is 12.8.